The van der Waals surface area contributed by atoms with Gasteiger partial charge in [-0.05, 0) is 12.5 Å². The van der Waals surface area contributed by atoms with Crippen molar-refractivity contribution >= 4 is 17.2 Å². The molecule has 2 aromatic heterocycles. The maximum absolute atomic E-state index is 6.16. The fourth-order valence-corrected chi connectivity index (χ4v) is 2.54. The molecule has 96 valence electrons. The standard InChI is InChI=1S/C16H15ClN2/c1-2-6-14-9-13(17)10-16-18-15(11-19(14)16)12-7-4-3-5-8-12/h3-5,7-11H,2,6H2,1H3. The summed E-state index contributed by atoms with van der Waals surface area (Å²) in [5.74, 6) is 0. The smallest absolute Gasteiger partial charge is 0.139 e. The van der Waals surface area contributed by atoms with Crippen LogP contribution in [0.5, 0.6) is 0 Å². The summed E-state index contributed by atoms with van der Waals surface area (Å²) in [5.41, 5.74) is 4.24. The lowest BCUT2D eigenvalue weighted by atomic mass is 10.2. The number of hydrogen-bond donors (Lipinski definition) is 0. The molecule has 0 aliphatic rings. The number of benzene rings is 1. The van der Waals surface area contributed by atoms with E-state index in [0.29, 0.717) is 0 Å². The molecule has 0 aliphatic heterocycles. The quantitative estimate of drug-likeness (QED) is 0.679. The van der Waals surface area contributed by atoms with E-state index in [1.165, 1.54) is 5.69 Å². The predicted molar refractivity (Wildman–Crippen MR) is 79.6 cm³/mol. The molecule has 2 heterocycles. The Morgan fingerprint density at radius 3 is 2.68 bits per heavy atom. The van der Waals surface area contributed by atoms with Crippen LogP contribution in [0.25, 0.3) is 16.9 Å². The lowest BCUT2D eigenvalue weighted by Gasteiger charge is -2.04. The van der Waals surface area contributed by atoms with Crippen molar-refractivity contribution in [1.82, 2.24) is 9.38 Å². The van der Waals surface area contributed by atoms with Crippen molar-refractivity contribution < 1.29 is 0 Å². The summed E-state index contributed by atoms with van der Waals surface area (Å²) in [4.78, 5) is 4.67. The number of nitrogens with zero attached hydrogens (tertiary/aromatic N) is 2. The van der Waals surface area contributed by atoms with Gasteiger partial charge < -0.3 is 4.40 Å². The molecule has 0 bridgehead atoms. The highest BCUT2D eigenvalue weighted by molar-refractivity contribution is 6.30. The molecule has 0 unspecified atom stereocenters. The second-order valence-corrected chi connectivity index (χ2v) is 5.07. The first kappa shape index (κ1) is 12.2. The van der Waals surface area contributed by atoms with E-state index in [1.807, 2.05) is 30.3 Å². The van der Waals surface area contributed by atoms with Gasteiger partial charge in [0.15, 0.2) is 0 Å². The van der Waals surface area contributed by atoms with Crippen LogP contribution >= 0.6 is 11.6 Å². The van der Waals surface area contributed by atoms with Gasteiger partial charge in [-0.3, -0.25) is 0 Å². The molecule has 3 heteroatoms. The summed E-state index contributed by atoms with van der Waals surface area (Å²) in [6.07, 6.45) is 4.18. The van der Waals surface area contributed by atoms with Gasteiger partial charge in [0.2, 0.25) is 0 Å². The highest BCUT2D eigenvalue weighted by atomic mass is 35.5. The second kappa shape index (κ2) is 5.06. The van der Waals surface area contributed by atoms with Gasteiger partial charge in [0.1, 0.15) is 5.65 Å². The fraction of sp³-hybridized carbons (Fsp3) is 0.188. The third kappa shape index (κ3) is 2.36. The second-order valence-electron chi connectivity index (χ2n) is 4.64. The van der Waals surface area contributed by atoms with E-state index in [4.69, 9.17) is 11.6 Å². The van der Waals surface area contributed by atoms with Gasteiger partial charge >= 0.3 is 0 Å². The van der Waals surface area contributed by atoms with Crippen molar-refractivity contribution in [1.29, 1.82) is 0 Å². The molecule has 0 fully saturated rings. The van der Waals surface area contributed by atoms with Crippen LogP contribution in [0, 0.1) is 0 Å². The van der Waals surface area contributed by atoms with Gasteiger partial charge in [0, 0.05) is 28.5 Å². The summed E-state index contributed by atoms with van der Waals surface area (Å²) in [6.45, 7) is 2.17. The van der Waals surface area contributed by atoms with Crippen LogP contribution in [0.15, 0.2) is 48.7 Å². The number of aromatic nitrogens is 2. The summed E-state index contributed by atoms with van der Waals surface area (Å²) in [7, 11) is 0. The van der Waals surface area contributed by atoms with Gasteiger partial charge in [-0.15, -0.1) is 0 Å². The summed E-state index contributed by atoms with van der Waals surface area (Å²) in [5, 5.41) is 0.751. The third-order valence-corrected chi connectivity index (χ3v) is 3.41. The zero-order valence-electron chi connectivity index (χ0n) is 10.8. The number of halogens is 1. The SMILES string of the molecule is CCCc1cc(Cl)cc2nc(-c3ccccc3)cn12. The number of aryl methyl sites for hydroxylation is 1. The average molecular weight is 271 g/mol. The number of fused-ring (bicyclic) bond motifs is 1. The van der Waals surface area contributed by atoms with Crippen molar-refractivity contribution in [3.05, 3.63) is 59.4 Å². The maximum Gasteiger partial charge on any atom is 0.139 e. The van der Waals surface area contributed by atoms with Crippen LogP contribution in [0.4, 0.5) is 0 Å². The molecule has 2 nitrogen and oxygen atoms in total. The predicted octanol–water partition coefficient (Wildman–Crippen LogP) is 4.61. The van der Waals surface area contributed by atoms with E-state index in [9.17, 15) is 0 Å². The minimum Gasteiger partial charge on any atom is -0.303 e. The van der Waals surface area contributed by atoms with Crippen LogP contribution in [-0.2, 0) is 6.42 Å². The Kier molecular flexibility index (Phi) is 3.26. The number of pyridine rings is 1. The van der Waals surface area contributed by atoms with Crippen LogP contribution in [-0.4, -0.2) is 9.38 Å². The molecule has 1 aromatic carbocycles. The highest BCUT2D eigenvalue weighted by Crippen LogP contribution is 2.23. The molecule has 0 atom stereocenters. The maximum atomic E-state index is 6.16. The third-order valence-electron chi connectivity index (χ3n) is 3.19. The van der Waals surface area contributed by atoms with Gasteiger partial charge in [-0.25, -0.2) is 4.98 Å². The first-order valence-corrected chi connectivity index (χ1v) is 6.88. The molecule has 3 rings (SSSR count). The molecule has 0 saturated carbocycles. The van der Waals surface area contributed by atoms with Crippen LogP contribution in [0.2, 0.25) is 5.02 Å². The van der Waals surface area contributed by atoms with Crippen molar-refractivity contribution in [2.24, 2.45) is 0 Å². The van der Waals surface area contributed by atoms with Crippen LogP contribution < -0.4 is 0 Å². The average Bonchev–Trinajstić information content (AvgIpc) is 2.84. The number of imidazole rings is 1. The summed E-state index contributed by atoms with van der Waals surface area (Å²) >= 11 is 6.16. The monoisotopic (exact) mass is 270 g/mol. The van der Waals surface area contributed by atoms with Gasteiger partial charge in [0.05, 0.1) is 5.69 Å². The fourth-order valence-electron chi connectivity index (χ4n) is 2.32. The molecule has 0 N–H and O–H groups in total. The Morgan fingerprint density at radius 1 is 1.16 bits per heavy atom. The first-order valence-electron chi connectivity index (χ1n) is 6.51. The Balaban J connectivity index is 2.17. The molecule has 3 aromatic rings. The zero-order valence-corrected chi connectivity index (χ0v) is 11.6. The van der Waals surface area contributed by atoms with Crippen LogP contribution in [0.3, 0.4) is 0 Å². The van der Waals surface area contributed by atoms with E-state index in [-0.39, 0.29) is 0 Å². The molecule has 0 aliphatic carbocycles. The van der Waals surface area contributed by atoms with Crippen molar-refractivity contribution in [3.63, 3.8) is 0 Å². The number of hydrogen-bond acceptors (Lipinski definition) is 1. The van der Waals surface area contributed by atoms with Gasteiger partial charge in [-0.2, -0.15) is 0 Å². The van der Waals surface area contributed by atoms with Gasteiger partial charge in [0.25, 0.3) is 0 Å². The molecule has 0 spiro atoms. The van der Waals surface area contributed by atoms with Crippen molar-refractivity contribution in [3.8, 4) is 11.3 Å². The van der Waals surface area contributed by atoms with E-state index in [0.717, 1.165) is 34.8 Å². The largest absolute Gasteiger partial charge is 0.303 e. The Hall–Kier alpha value is -1.80. The Morgan fingerprint density at radius 2 is 1.95 bits per heavy atom. The summed E-state index contributed by atoms with van der Waals surface area (Å²) in [6, 6.07) is 14.1. The number of rotatable bonds is 3. The van der Waals surface area contributed by atoms with Crippen molar-refractivity contribution in [2.75, 3.05) is 0 Å². The molecular formula is C16H15ClN2. The van der Waals surface area contributed by atoms with E-state index in [2.05, 4.69) is 34.6 Å². The minimum absolute atomic E-state index is 0.751. The molecule has 0 amide bonds. The Bertz CT molecular complexity index is 701. The topological polar surface area (TPSA) is 17.3 Å². The van der Waals surface area contributed by atoms with E-state index >= 15 is 0 Å². The summed E-state index contributed by atoms with van der Waals surface area (Å²) < 4.78 is 2.14. The lowest BCUT2D eigenvalue weighted by Crippen LogP contribution is -1.95. The first-order chi connectivity index (χ1) is 9.28. The minimum atomic E-state index is 0.751. The van der Waals surface area contributed by atoms with Crippen molar-refractivity contribution in [2.45, 2.75) is 19.8 Å². The normalized spacial score (nSPS) is 11.1. The lowest BCUT2D eigenvalue weighted by molar-refractivity contribution is 0.860. The molecular weight excluding hydrogens is 256 g/mol. The van der Waals surface area contributed by atoms with E-state index in [1.54, 1.807) is 0 Å². The molecule has 19 heavy (non-hydrogen) atoms. The van der Waals surface area contributed by atoms with Crippen LogP contribution in [0.1, 0.15) is 19.0 Å². The highest BCUT2D eigenvalue weighted by Gasteiger charge is 2.08. The molecule has 0 saturated heterocycles. The molecule has 0 radical (unpaired) electrons. The van der Waals surface area contributed by atoms with Gasteiger partial charge in [-0.1, -0.05) is 55.3 Å². The Labute approximate surface area is 117 Å². The zero-order chi connectivity index (χ0) is 13.2. The van der Waals surface area contributed by atoms with E-state index < -0.39 is 0 Å².